The van der Waals surface area contributed by atoms with Gasteiger partial charge in [-0.2, -0.15) is 0 Å². The van der Waals surface area contributed by atoms with Gasteiger partial charge in [-0.25, -0.2) is 0 Å². The van der Waals surface area contributed by atoms with E-state index < -0.39 is 0 Å². The monoisotopic (exact) mass is 314 g/mol. The molecule has 0 aliphatic carbocycles. The second-order valence-corrected chi connectivity index (χ2v) is 5.82. The van der Waals surface area contributed by atoms with Crippen molar-refractivity contribution in [3.63, 3.8) is 0 Å². The summed E-state index contributed by atoms with van der Waals surface area (Å²) < 4.78 is 17.0. The van der Waals surface area contributed by atoms with E-state index >= 15 is 0 Å². The number of benzene rings is 2. The molecule has 0 amide bonds. The Labute approximate surface area is 132 Å². The van der Waals surface area contributed by atoms with E-state index in [1.807, 2.05) is 39.8 Å². The molecule has 0 saturated carbocycles. The van der Waals surface area contributed by atoms with Crippen molar-refractivity contribution in [3.05, 3.63) is 58.1 Å². The van der Waals surface area contributed by atoms with E-state index in [1.165, 1.54) is 0 Å². The maximum Gasteiger partial charge on any atom is 0.197 e. The molecule has 0 N–H and O–H groups in total. The molecule has 3 nitrogen and oxygen atoms in total. The van der Waals surface area contributed by atoms with Crippen LogP contribution in [0.2, 0.25) is 0 Å². The van der Waals surface area contributed by atoms with Gasteiger partial charge in [0, 0.05) is 11.1 Å². The Morgan fingerprint density at radius 1 is 1.05 bits per heavy atom. The Morgan fingerprint density at radius 2 is 1.77 bits per heavy atom. The molecule has 0 saturated heterocycles. The van der Waals surface area contributed by atoms with Crippen LogP contribution in [-0.4, -0.2) is 12.4 Å². The zero-order valence-electron chi connectivity index (χ0n) is 13.3. The van der Waals surface area contributed by atoms with Crippen molar-refractivity contribution in [1.82, 2.24) is 0 Å². The van der Waals surface area contributed by atoms with Crippen LogP contribution in [0.25, 0.3) is 0 Å². The normalized spacial score (nSPS) is 10.7. The van der Waals surface area contributed by atoms with Gasteiger partial charge in [0.25, 0.3) is 0 Å². The fraction of sp³-hybridized carbons (Fsp3) is 0.278. The molecular formula is C18H19O3P. The maximum atomic E-state index is 12.9. The molecule has 114 valence electrons. The molecule has 0 bridgehead atoms. The van der Waals surface area contributed by atoms with Crippen LogP contribution in [0.15, 0.2) is 30.3 Å². The van der Waals surface area contributed by atoms with Crippen LogP contribution in [0.4, 0.5) is 0 Å². The highest BCUT2D eigenvalue weighted by molar-refractivity contribution is 7.34. The van der Waals surface area contributed by atoms with Crippen molar-refractivity contribution in [3.8, 4) is 5.75 Å². The maximum absolute atomic E-state index is 12.9. The zero-order valence-corrected chi connectivity index (χ0v) is 14.2. The standard InChI is InChI=1S/C18H19O3P/c1-5-21-16-8-6-7-15(18(16)22-20)17(19)14-10-9-11(2)12(3)13(14)4/h6-10H,5H2,1-4H3. The molecule has 2 rings (SSSR count). The summed E-state index contributed by atoms with van der Waals surface area (Å²) in [5.41, 5.74) is 4.28. The lowest BCUT2D eigenvalue weighted by atomic mass is 9.93. The van der Waals surface area contributed by atoms with Crippen molar-refractivity contribution in [1.29, 1.82) is 0 Å². The Bertz CT molecular complexity index is 735. The molecule has 0 aromatic heterocycles. The van der Waals surface area contributed by atoms with E-state index in [4.69, 9.17) is 4.74 Å². The number of aryl methyl sites for hydroxylation is 1. The van der Waals surface area contributed by atoms with Gasteiger partial charge in [0.05, 0.1) is 11.9 Å². The molecule has 0 spiro atoms. The van der Waals surface area contributed by atoms with Crippen LogP contribution in [0.1, 0.15) is 39.5 Å². The summed E-state index contributed by atoms with van der Waals surface area (Å²) in [6.45, 7) is 8.28. The molecule has 0 heterocycles. The minimum absolute atomic E-state index is 0.125. The lowest BCUT2D eigenvalue weighted by Gasteiger charge is -2.13. The van der Waals surface area contributed by atoms with E-state index in [9.17, 15) is 9.36 Å². The first kappa shape index (κ1) is 16.4. The largest absolute Gasteiger partial charge is 0.493 e. The molecule has 22 heavy (non-hydrogen) atoms. The molecule has 2 aromatic carbocycles. The van der Waals surface area contributed by atoms with Crippen molar-refractivity contribution >= 4 is 19.5 Å². The van der Waals surface area contributed by atoms with E-state index in [0.29, 0.717) is 28.8 Å². The third-order valence-electron chi connectivity index (χ3n) is 3.94. The summed E-state index contributed by atoms with van der Waals surface area (Å²) in [5.74, 6) is 0.368. The summed E-state index contributed by atoms with van der Waals surface area (Å²) >= 11 is 0. The summed E-state index contributed by atoms with van der Waals surface area (Å²) in [4.78, 5) is 12.9. The van der Waals surface area contributed by atoms with Crippen LogP contribution in [0.3, 0.4) is 0 Å². The average Bonchev–Trinajstić information content (AvgIpc) is 2.52. The third-order valence-corrected chi connectivity index (χ3v) is 4.58. The van der Waals surface area contributed by atoms with Gasteiger partial charge in [0.1, 0.15) is 5.75 Å². The topological polar surface area (TPSA) is 43.4 Å². The van der Waals surface area contributed by atoms with Crippen LogP contribution in [0, 0.1) is 20.8 Å². The molecule has 0 fully saturated rings. The molecule has 2 aromatic rings. The number of rotatable bonds is 5. The number of hydrogen-bond acceptors (Lipinski definition) is 3. The number of carbonyl (C=O) groups excluding carboxylic acids is 1. The summed E-state index contributed by atoms with van der Waals surface area (Å²) in [5, 5.41) is 0.409. The molecular weight excluding hydrogens is 295 g/mol. The lowest BCUT2D eigenvalue weighted by molar-refractivity contribution is 0.103. The molecule has 0 unspecified atom stereocenters. The molecule has 4 heteroatoms. The predicted molar refractivity (Wildman–Crippen MR) is 88.9 cm³/mol. The second kappa shape index (κ2) is 6.85. The van der Waals surface area contributed by atoms with Crippen molar-refractivity contribution in [2.45, 2.75) is 27.7 Å². The molecule has 0 radical (unpaired) electrons. The lowest BCUT2D eigenvalue weighted by Crippen LogP contribution is -2.15. The number of carbonyl (C=O) groups is 1. The van der Waals surface area contributed by atoms with E-state index in [0.717, 1.165) is 16.7 Å². The Morgan fingerprint density at radius 3 is 2.41 bits per heavy atom. The van der Waals surface area contributed by atoms with Gasteiger partial charge in [0.15, 0.2) is 14.2 Å². The minimum atomic E-state index is -0.213. The highest BCUT2D eigenvalue weighted by Gasteiger charge is 2.20. The van der Waals surface area contributed by atoms with E-state index in [-0.39, 0.29) is 14.2 Å². The second-order valence-electron chi connectivity index (χ2n) is 5.19. The van der Waals surface area contributed by atoms with Crippen LogP contribution in [-0.2, 0) is 4.57 Å². The fourth-order valence-corrected chi connectivity index (χ4v) is 2.92. The van der Waals surface area contributed by atoms with Gasteiger partial charge in [-0.05, 0) is 56.5 Å². The number of ketones is 1. The van der Waals surface area contributed by atoms with Crippen molar-refractivity contribution < 1.29 is 14.1 Å². The van der Waals surface area contributed by atoms with Gasteiger partial charge in [-0.15, -0.1) is 0 Å². The smallest absolute Gasteiger partial charge is 0.197 e. The van der Waals surface area contributed by atoms with E-state index in [2.05, 4.69) is 0 Å². The van der Waals surface area contributed by atoms with Gasteiger partial charge in [0.2, 0.25) is 0 Å². The third kappa shape index (κ3) is 2.95. The first-order valence-electron chi connectivity index (χ1n) is 7.21. The summed E-state index contributed by atoms with van der Waals surface area (Å²) in [6, 6.07) is 8.95. The number of ether oxygens (including phenoxy) is 1. The van der Waals surface area contributed by atoms with Gasteiger partial charge >= 0.3 is 0 Å². The van der Waals surface area contributed by atoms with Crippen molar-refractivity contribution in [2.24, 2.45) is 0 Å². The summed E-state index contributed by atoms with van der Waals surface area (Å²) in [6.07, 6.45) is 0. The first-order chi connectivity index (χ1) is 10.5. The van der Waals surface area contributed by atoms with Crippen LogP contribution >= 0.6 is 8.46 Å². The van der Waals surface area contributed by atoms with E-state index in [1.54, 1.807) is 18.2 Å². The Balaban J connectivity index is 2.57. The molecule has 0 aliphatic heterocycles. The minimum Gasteiger partial charge on any atom is -0.493 e. The van der Waals surface area contributed by atoms with Crippen LogP contribution in [0.5, 0.6) is 5.75 Å². The van der Waals surface area contributed by atoms with Gasteiger partial charge < -0.3 is 4.74 Å². The average molecular weight is 314 g/mol. The van der Waals surface area contributed by atoms with Crippen LogP contribution < -0.4 is 10.0 Å². The van der Waals surface area contributed by atoms with Crippen molar-refractivity contribution in [2.75, 3.05) is 6.61 Å². The fourth-order valence-electron chi connectivity index (χ4n) is 2.42. The van der Waals surface area contributed by atoms with Gasteiger partial charge in [-0.1, -0.05) is 18.2 Å². The highest BCUT2D eigenvalue weighted by atomic mass is 31.1. The highest BCUT2D eigenvalue weighted by Crippen LogP contribution is 2.23. The molecule has 0 aliphatic rings. The van der Waals surface area contributed by atoms with Gasteiger partial charge in [-0.3, -0.25) is 9.36 Å². The SMILES string of the molecule is CCOc1cccc(C(=O)c2ccc(C)c(C)c2C)c1P=O. The quantitative estimate of drug-likeness (QED) is 0.615. The zero-order chi connectivity index (χ0) is 16.3. The Kier molecular flexibility index (Phi) is 5.10. The number of hydrogen-bond donors (Lipinski definition) is 0. The predicted octanol–water partition coefficient (Wildman–Crippen LogP) is 4.16. The molecule has 0 atom stereocenters. The first-order valence-corrected chi connectivity index (χ1v) is 8.03. The summed E-state index contributed by atoms with van der Waals surface area (Å²) in [7, 11) is -0.213. The Hall–Kier alpha value is -1.99.